The van der Waals surface area contributed by atoms with E-state index in [4.69, 9.17) is 11.6 Å². The van der Waals surface area contributed by atoms with Crippen molar-refractivity contribution >= 4 is 34.5 Å². The van der Waals surface area contributed by atoms with Gasteiger partial charge in [-0.25, -0.2) is 4.98 Å². The molecule has 21 heavy (non-hydrogen) atoms. The molecule has 0 aliphatic carbocycles. The number of pyridine rings is 1. The van der Waals surface area contributed by atoms with E-state index in [1.807, 2.05) is 18.2 Å². The highest BCUT2D eigenvalue weighted by Gasteiger charge is 2.12. The number of hydrogen-bond donors (Lipinski definition) is 1. The fourth-order valence-corrected chi connectivity index (χ4v) is 2.61. The third-order valence-electron chi connectivity index (χ3n) is 2.72. The van der Waals surface area contributed by atoms with Crippen molar-refractivity contribution in [3.63, 3.8) is 0 Å². The van der Waals surface area contributed by atoms with Crippen molar-refractivity contribution in [3.8, 4) is 10.7 Å². The van der Waals surface area contributed by atoms with Gasteiger partial charge in [-0.3, -0.25) is 9.78 Å². The lowest BCUT2D eigenvalue weighted by molar-refractivity contribution is 0.102. The van der Waals surface area contributed by atoms with Crippen molar-refractivity contribution in [2.24, 2.45) is 0 Å². The fraction of sp³-hybridized carbons (Fsp3) is 0. The Morgan fingerprint density at radius 3 is 2.67 bits per heavy atom. The number of nitrogens with zero attached hydrogens (tertiary/aromatic N) is 2. The van der Waals surface area contributed by atoms with Crippen LogP contribution in [0.25, 0.3) is 10.7 Å². The van der Waals surface area contributed by atoms with Gasteiger partial charge in [0.2, 0.25) is 0 Å². The highest BCUT2D eigenvalue weighted by molar-refractivity contribution is 7.13. The molecule has 2 aromatic heterocycles. The predicted octanol–water partition coefficient (Wildman–Crippen LogP) is 4.11. The summed E-state index contributed by atoms with van der Waals surface area (Å²) in [6, 6.07) is 12.5. The number of thiazole rings is 1. The number of nitrogens with one attached hydrogen (secondary N) is 1. The molecule has 6 heteroatoms. The average Bonchev–Trinajstić information content (AvgIpc) is 3.00. The number of anilines is 1. The van der Waals surface area contributed by atoms with Crippen LogP contribution in [0.5, 0.6) is 0 Å². The molecule has 0 radical (unpaired) electrons. The molecule has 0 spiro atoms. The number of amides is 1. The van der Waals surface area contributed by atoms with E-state index in [1.54, 1.807) is 35.8 Å². The first kappa shape index (κ1) is 13.7. The normalized spacial score (nSPS) is 10.3. The minimum Gasteiger partial charge on any atom is -0.321 e. The minimum absolute atomic E-state index is 0.254. The maximum Gasteiger partial charge on any atom is 0.275 e. The van der Waals surface area contributed by atoms with Gasteiger partial charge in [-0.1, -0.05) is 17.7 Å². The van der Waals surface area contributed by atoms with Crippen molar-refractivity contribution in [1.29, 1.82) is 0 Å². The van der Waals surface area contributed by atoms with E-state index >= 15 is 0 Å². The summed E-state index contributed by atoms with van der Waals surface area (Å²) in [7, 11) is 0. The summed E-state index contributed by atoms with van der Waals surface area (Å²) < 4.78 is 0. The summed E-state index contributed by atoms with van der Waals surface area (Å²) in [5.41, 5.74) is 1.81. The van der Waals surface area contributed by atoms with E-state index in [2.05, 4.69) is 15.3 Å². The summed E-state index contributed by atoms with van der Waals surface area (Å²) in [5.74, 6) is -0.254. The van der Waals surface area contributed by atoms with E-state index in [0.29, 0.717) is 16.4 Å². The number of rotatable bonds is 3. The Labute approximate surface area is 130 Å². The molecule has 0 aliphatic heterocycles. The van der Waals surface area contributed by atoms with Crippen LogP contribution in [-0.4, -0.2) is 15.9 Å². The average molecular weight is 316 g/mol. The van der Waals surface area contributed by atoms with Gasteiger partial charge in [-0.15, -0.1) is 11.3 Å². The molecule has 0 saturated heterocycles. The Hall–Kier alpha value is -2.24. The molecule has 0 atom stereocenters. The number of benzene rings is 1. The van der Waals surface area contributed by atoms with Crippen LogP contribution in [-0.2, 0) is 0 Å². The maximum atomic E-state index is 12.1. The van der Waals surface area contributed by atoms with Crippen LogP contribution in [0, 0.1) is 0 Å². The fourth-order valence-electron chi connectivity index (χ4n) is 1.71. The van der Waals surface area contributed by atoms with Crippen molar-refractivity contribution in [1.82, 2.24) is 9.97 Å². The van der Waals surface area contributed by atoms with Gasteiger partial charge in [0.25, 0.3) is 5.91 Å². The molecule has 1 N–H and O–H groups in total. The van der Waals surface area contributed by atoms with Gasteiger partial charge < -0.3 is 5.32 Å². The van der Waals surface area contributed by atoms with Crippen molar-refractivity contribution in [2.45, 2.75) is 0 Å². The Morgan fingerprint density at radius 1 is 1.14 bits per heavy atom. The monoisotopic (exact) mass is 315 g/mol. The molecule has 0 unspecified atom stereocenters. The maximum absolute atomic E-state index is 12.1. The first-order chi connectivity index (χ1) is 10.2. The van der Waals surface area contributed by atoms with Gasteiger partial charge in [-0.2, -0.15) is 0 Å². The zero-order valence-electron chi connectivity index (χ0n) is 10.8. The van der Waals surface area contributed by atoms with E-state index in [9.17, 15) is 4.79 Å². The van der Waals surface area contributed by atoms with Gasteiger partial charge in [0, 0.05) is 22.3 Å². The van der Waals surface area contributed by atoms with Gasteiger partial charge in [0.1, 0.15) is 10.7 Å². The van der Waals surface area contributed by atoms with E-state index in [1.165, 1.54) is 11.3 Å². The second kappa shape index (κ2) is 6.03. The van der Waals surface area contributed by atoms with Crippen molar-refractivity contribution in [3.05, 3.63) is 64.8 Å². The third kappa shape index (κ3) is 3.26. The van der Waals surface area contributed by atoms with Crippen LogP contribution in [0.1, 0.15) is 10.5 Å². The molecule has 0 bridgehead atoms. The Bertz CT molecular complexity index is 756. The summed E-state index contributed by atoms with van der Waals surface area (Å²) >= 11 is 7.19. The van der Waals surface area contributed by atoms with Crippen LogP contribution < -0.4 is 5.32 Å². The SMILES string of the molecule is O=C(Nc1ccc(Cl)cc1)c1csc(-c2ccccn2)n1. The van der Waals surface area contributed by atoms with Gasteiger partial charge in [-0.05, 0) is 36.4 Å². The van der Waals surface area contributed by atoms with E-state index < -0.39 is 0 Å². The summed E-state index contributed by atoms with van der Waals surface area (Å²) in [5, 5.41) is 5.84. The summed E-state index contributed by atoms with van der Waals surface area (Å²) in [6.45, 7) is 0. The van der Waals surface area contributed by atoms with Crippen molar-refractivity contribution < 1.29 is 4.79 Å². The predicted molar refractivity (Wildman–Crippen MR) is 84.8 cm³/mol. The minimum atomic E-state index is -0.254. The lowest BCUT2D eigenvalue weighted by Gasteiger charge is -2.02. The van der Waals surface area contributed by atoms with Crippen LogP contribution in [0.3, 0.4) is 0 Å². The highest BCUT2D eigenvalue weighted by Crippen LogP contribution is 2.22. The lowest BCUT2D eigenvalue weighted by atomic mass is 10.3. The lowest BCUT2D eigenvalue weighted by Crippen LogP contribution is -2.12. The molecule has 0 fully saturated rings. The second-order valence-electron chi connectivity index (χ2n) is 4.21. The quantitative estimate of drug-likeness (QED) is 0.791. The molecule has 1 amide bonds. The number of halogens is 1. The number of aromatic nitrogens is 2. The molecule has 0 aliphatic rings. The number of carbonyl (C=O) groups is 1. The third-order valence-corrected chi connectivity index (χ3v) is 3.84. The summed E-state index contributed by atoms with van der Waals surface area (Å²) in [4.78, 5) is 20.7. The molecular weight excluding hydrogens is 306 g/mol. The zero-order chi connectivity index (χ0) is 14.7. The highest BCUT2D eigenvalue weighted by atomic mass is 35.5. The largest absolute Gasteiger partial charge is 0.321 e. The molecule has 2 heterocycles. The summed E-state index contributed by atoms with van der Waals surface area (Å²) in [6.07, 6.45) is 1.70. The van der Waals surface area contributed by atoms with Crippen LogP contribution >= 0.6 is 22.9 Å². The molecular formula is C15H10ClN3OS. The van der Waals surface area contributed by atoms with Crippen molar-refractivity contribution in [2.75, 3.05) is 5.32 Å². The molecule has 104 valence electrons. The standard InChI is InChI=1S/C15H10ClN3OS/c16-10-4-6-11(7-5-10)18-14(20)13-9-21-15(19-13)12-3-1-2-8-17-12/h1-9H,(H,18,20). The number of hydrogen-bond acceptors (Lipinski definition) is 4. The van der Waals surface area contributed by atoms with E-state index in [0.717, 1.165) is 10.7 Å². The molecule has 4 nitrogen and oxygen atoms in total. The molecule has 1 aromatic carbocycles. The topological polar surface area (TPSA) is 54.9 Å². The zero-order valence-corrected chi connectivity index (χ0v) is 12.4. The van der Waals surface area contributed by atoms with Gasteiger partial charge in [0.15, 0.2) is 0 Å². The Balaban J connectivity index is 1.77. The second-order valence-corrected chi connectivity index (χ2v) is 5.51. The Kier molecular flexibility index (Phi) is 3.94. The van der Waals surface area contributed by atoms with Crippen LogP contribution in [0.15, 0.2) is 54.0 Å². The molecule has 0 saturated carbocycles. The number of carbonyl (C=O) groups excluding carboxylic acids is 1. The van der Waals surface area contributed by atoms with Crippen LogP contribution in [0.4, 0.5) is 5.69 Å². The van der Waals surface area contributed by atoms with Gasteiger partial charge in [0.05, 0.1) is 5.69 Å². The first-order valence-electron chi connectivity index (χ1n) is 6.16. The Morgan fingerprint density at radius 2 is 1.95 bits per heavy atom. The molecule has 3 aromatic rings. The smallest absolute Gasteiger partial charge is 0.275 e. The van der Waals surface area contributed by atoms with Gasteiger partial charge >= 0.3 is 0 Å². The molecule has 3 rings (SSSR count). The van der Waals surface area contributed by atoms with Crippen LogP contribution in [0.2, 0.25) is 5.02 Å². The first-order valence-corrected chi connectivity index (χ1v) is 7.42. The van der Waals surface area contributed by atoms with E-state index in [-0.39, 0.29) is 5.91 Å².